The Kier molecular flexibility index (Phi) is 3.84. The van der Waals surface area contributed by atoms with Crippen LogP contribution < -0.4 is 10.1 Å². The molecule has 4 aromatic rings. The van der Waals surface area contributed by atoms with Crippen molar-refractivity contribution in [1.82, 2.24) is 14.6 Å². The van der Waals surface area contributed by atoms with E-state index < -0.39 is 0 Å². The maximum absolute atomic E-state index is 12.5. The minimum atomic E-state index is -0.212. The predicted molar refractivity (Wildman–Crippen MR) is 97.8 cm³/mol. The summed E-state index contributed by atoms with van der Waals surface area (Å²) in [5.74, 6) is 0.477. The van der Waals surface area contributed by atoms with Gasteiger partial charge in [0.15, 0.2) is 5.82 Å². The van der Waals surface area contributed by atoms with Gasteiger partial charge in [0.25, 0.3) is 5.56 Å². The van der Waals surface area contributed by atoms with Crippen LogP contribution in [-0.4, -0.2) is 14.6 Å². The van der Waals surface area contributed by atoms with Crippen molar-refractivity contribution in [3.8, 4) is 11.4 Å². The zero-order valence-corrected chi connectivity index (χ0v) is 14.4. The van der Waals surface area contributed by atoms with Crippen molar-refractivity contribution in [2.45, 2.75) is 0 Å². The molecule has 0 saturated carbocycles. The SMILES string of the molecule is O=c1/c(=C\c2ccccc2Cl)sc2nc(-c3cccc(Cl)c3)nn12. The Morgan fingerprint density at radius 2 is 1.92 bits per heavy atom. The molecule has 0 bridgehead atoms. The molecule has 0 N–H and O–H groups in total. The second-order valence-corrected chi connectivity index (χ2v) is 6.93. The van der Waals surface area contributed by atoms with Crippen LogP contribution in [0.25, 0.3) is 22.4 Å². The van der Waals surface area contributed by atoms with Crippen LogP contribution in [0, 0.1) is 0 Å². The zero-order valence-electron chi connectivity index (χ0n) is 12.1. The topological polar surface area (TPSA) is 47.3 Å². The Balaban J connectivity index is 1.85. The van der Waals surface area contributed by atoms with Crippen LogP contribution in [-0.2, 0) is 0 Å². The summed E-state index contributed by atoms with van der Waals surface area (Å²) in [6.45, 7) is 0. The van der Waals surface area contributed by atoms with Crippen LogP contribution >= 0.6 is 34.5 Å². The molecule has 0 radical (unpaired) electrons. The van der Waals surface area contributed by atoms with Gasteiger partial charge < -0.3 is 0 Å². The van der Waals surface area contributed by atoms with Crippen molar-refractivity contribution in [1.29, 1.82) is 0 Å². The molecule has 0 aliphatic rings. The van der Waals surface area contributed by atoms with Crippen molar-refractivity contribution in [2.24, 2.45) is 0 Å². The van der Waals surface area contributed by atoms with Gasteiger partial charge >= 0.3 is 0 Å². The van der Waals surface area contributed by atoms with Crippen LogP contribution in [0.15, 0.2) is 53.3 Å². The van der Waals surface area contributed by atoms with Crippen LogP contribution in [0.3, 0.4) is 0 Å². The molecule has 24 heavy (non-hydrogen) atoms. The quantitative estimate of drug-likeness (QED) is 0.538. The number of rotatable bonds is 2. The molecule has 0 unspecified atom stereocenters. The third-order valence-corrected chi connectivity index (χ3v) is 4.99. The molecule has 118 valence electrons. The number of fused-ring (bicyclic) bond motifs is 1. The molecule has 2 aromatic carbocycles. The Labute approximate surface area is 150 Å². The average molecular weight is 374 g/mol. The zero-order chi connectivity index (χ0) is 16.7. The fourth-order valence-corrected chi connectivity index (χ4v) is 3.60. The van der Waals surface area contributed by atoms with Gasteiger partial charge in [-0.1, -0.05) is 64.9 Å². The van der Waals surface area contributed by atoms with Gasteiger partial charge in [0, 0.05) is 15.6 Å². The highest BCUT2D eigenvalue weighted by Crippen LogP contribution is 2.20. The molecule has 0 spiro atoms. The molecule has 0 amide bonds. The molecule has 2 heterocycles. The highest BCUT2D eigenvalue weighted by atomic mass is 35.5. The van der Waals surface area contributed by atoms with E-state index in [0.717, 1.165) is 11.1 Å². The molecule has 0 fully saturated rings. The van der Waals surface area contributed by atoms with Gasteiger partial charge in [0.1, 0.15) is 0 Å². The highest BCUT2D eigenvalue weighted by Gasteiger charge is 2.12. The molecule has 2 aromatic heterocycles. The minimum Gasteiger partial charge on any atom is -0.266 e. The third kappa shape index (κ3) is 2.71. The fraction of sp³-hybridized carbons (Fsp3) is 0. The first-order valence-electron chi connectivity index (χ1n) is 7.03. The van der Waals surface area contributed by atoms with Crippen molar-refractivity contribution < 1.29 is 0 Å². The van der Waals surface area contributed by atoms with E-state index >= 15 is 0 Å². The second kappa shape index (κ2) is 6.02. The van der Waals surface area contributed by atoms with Crippen molar-refractivity contribution >= 4 is 45.6 Å². The van der Waals surface area contributed by atoms with Gasteiger partial charge in [-0.15, -0.1) is 5.10 Å². The summed E-state index contributed by atoms with van der Waals surface area (Å²) in [6.07, 6.45) is 1.75. The second-order valence-electron chi connectivity index (χ2n) is 5.08. The highest BCUT2D eigenvalue weighted by molar-refractivity contribution is 7.15. The van der Waals surface area contributed by atoms with Crippen LogP contribution in [0.2, 0.25) is 10.0 Å². The molecule has 4 rings (SSSR count). The lowest BCUT2D eigenvalue weighted by Gasteiger charge is -1.95. The smallest absolute Gasteiger partial charge is 0.266 e. The van der Waals surface area contributed by atoms with Crippen LogP contribution in [0.5, 0.6) is 0 Å². The van der Waals surface area contributed by atoms with Gasteiger partial charge in [0.05, 0.1) is 4.53 Å². The molecular weight excluding hydrogens is 365 g/mol. The first-order valence-corrected chi connectivity index (χ1v) is 8.61. The molecule has 0 aliphatic carbocycles. The normalized spacial score (nSPS) is 12.2. The minimum absolute atomic E-state index is 0.212. The van der Waals surface area contributed by atoms with Gasteiger partial charge in [-0.05, 0) is 29.8 Å². The Bertz CT molecular complexity index is 1170. The van der Waals surface area contributed by atoms with E-state index in [-0.39, 0.29) is 5.56 Å². The van der Waals surface area contributed by atoms with Crippen molar-refractivity contribution in [2.75, 3.05) is 0 Å². The summed E-state index contributed by atoms with van der Waals surface area (Å²) in [5, 5.41) is 5.49. The summed E-state index contributed by atoms with van der Waals surface area (Å²) < 4.78 is 1.85. The molecule has 0 aliphatic heterocycles. The van der Waals surface area contributed by atoms with E-state index in [1.165, 1.54) is 15.9 Å². The van der Waals surface area contributed by atoms with E-state index in [1.807, 2.05) is 30.3 Å². The molecular formula is C17H9Cl2N3OS. The number of halogens is 2. The summed E-state index contributed by atoms with van der Waals surface area (Å²) in [5.41, 5.74) is 1.35. The van der Waals surface area contributed by atoms with Crippen molar-refractivity contribution in [3.63, 3.8) is 0 Å². The van der Waals surface area contributed by atoms with Gasteiger partial charge in [0.2, 0.25) is 4.96 Å². The largest absolute Gasteiger partial charge is 0.291 e. The van der Waals surface area contributed by atoms with Crippen LogP contribution in [0.1, 0.15) is 5.56 Å². The van der Waals surface area contributed by atoms with E-state index in [2.05, 4.69) is 10.1 Å². The molecule has 0 atom stereocenters. The number of hydrogen-bond donors (Lipinski definition) is 0. The summed E-state index contributed by atoms with van der Waals surface area (Å²) in [6, 6.07) is 14.6. The summed E-state index contributed by atoms with van der Waals surface area (Å²) in [4.78, 5) is 17.5. The lowest BCUT2D eigenvalue weighted by atomic mass is 10.2. The summed E-state index contributed by atoms with van der Waals surface area (Å²) in [7, 11) is 0. The van der Waals surface area contributed by atoms with E-state index in [1.54, 1.807) is 24.3 Å². The number of benzene rings is 2. The van der Waals surface area contributed by atoms with Gasteiger partial charge in [-0.2, -0.15) is 9.50 Å². The number of thiazole rings is 1. The lowest BCUT2D eigenvalue weighted by molar-refractivity contribution is 0.937. The first-order chi connectivity index (χ1) is 11.6. The van der Waals surface area contributed by atoms with E-state index in [9.17, 15) is 4.79 Å². The Hall–Kier alpha value is -2.21. The number of aromatic nitrogens is 3. The monoisotopic (exact) mass is 373 g/mol. The molecule has 7 heteroatoms. The first kappa shape index (κ1) is 15.3. The maximum Gasteiger partial charge on any atom is 0.291 e. The number of hydrogen-bond acceptors (Lipinski definition) is 4. The van der Waals surface area contributed by atoms with E-state index in [4.69, 9.17) is 23.2 Å². The Morgan fingerprint density at radius 1 is 1.08 bits per heavy atom. The average Bonchev–Trinajstić information content (AvgIpc) is 3.10. The summed E-state index contributed by atoms with van der Waals surface area (Å²) >= 11 is 13.4. The predicted octanol–water partition coefficient (Wildman–Crippen LogP) is 3.67. The maximum atomic E-state index is 12.5. The van der Waals surface area contributed by atoms with Crippen molar-refractivity contribution in [3.05, 3.63) is 79.0 Å². The molecule has 0 saturated heterocycles. The van der Waals surface area contributed by atoms with E-state index in [0.29, 0.717) is 25.4 Å². The number of nitrogens with zero attached hydrogens (tertiary/aromatic N) is 3. The van der Waals surface area contributed by atoms with Gasteiger partial charge in [-0.3, -0.25) is 4.79 Å². The van der Waals surface area contributed by atoms with Crippen LogP contribution in [0.4, 0.5) is 0 Å². The standard InChI is InChI=1S/C17H9Cl2N3OS/c18-12-6-3-5-11(8-12)15-20-17-22(21-15)16(23)14(24-17)9-10-4-1-2-7-13(10)19/h1-9H/b14-9+. The molecule has 4 nitrogen and oxygen atoms in total. The van der Waals surface area contributed by atoms with Gasteiger partial charge in [-0.25, -0.2) is 0 Å². The Morgan fingerprint density at radius 3 is 2.67 bits per heavy atom. The lowest BCUT2D eigenvalue weighted by Crippen LogP contribution is -2.23. The fourth-order valence-electron chi connectivity index (χ4n) is 2.32. The third-order valence-electron chi connectivity index (χ3n) is 3.46.